The average molecular weight is 311 g/mol. The topological polar surface area (TPSA) is 53.5 Å². The van der Waals surface area contributed by atoms with E-state index in [1.165, 1.54) is 17.3 Å². The smallest absolute Gasteiger partial charge is 0.262 e. The fraction of sp³-hybridized carbons (Fsp3) is 0.176. The maximum atomic E-state index is 12.5. The Bertz CT molecular complexity index is 712. The minimum absolute atomic E-state index is 0.116. The molecule has 0 fully saturated rings. The summed E-state index contributed by atoms with van der Waals surface area (Å²) in [7, 11) is 0. The van der Waals surface area contributed by atoms with E-state index in [-0.39, 0.29) is 5.91 Å². The van der Waals surface area contributed by atoms with Crippen molar-refractivity contribution in [2.75, 3.05) is 5.32 Å². The van der Waals surface area contributed by atoms with Gasteiger partial charge in [0.15, 0.2) is 4.87 Å². The highest BCUT2D eigenvalue weighted by Crippen LogP contribution is 2.33. The Morgan fingerprint density at radius 1 is 1.14 bits per heavy atom. The molecular weight excluding hydrogens is 294 g/mol. The number of hydrogen-bond acceptors (Lipinski definition) is 4. The highest BCUT2D eigenvalue weighted by molar-refractivity contribution is 8.16. The summed E-state index contributed by atoms with van der Waals surface area (Å²) in [5.41, 5.74) is 5.95. The summed E-state index contributed by atoms with van der Waals surface area (Å²) in [4.78, 5) is 11.7. The first-order chi connectivity index (χ1) is 10.6. The molecule has 1 aliphatic heterocycles. The Labute approximate surface area is 134 Å². The van der Waals surface area contributed by atoms with Gasteiger partial charge in [-0.25, -0.2) is 0 Å². The number of para-hydroxylation sites is 1. The predicted octanol–water partition coefficient (Wildman–Crippen LogP) is 3.35. The molecule has 2 aromatic rings. The van der Waals surface area contributed by atoms with Gasteiger partial charge >= 0.3 is 0 Å². The van der Waals surface area contributed by atoms with Gasteiger partial charge in [0, 0.05) is 11.3 Å². The van der Waals surface area contributed by atoms with E-state index >= 15 is 0 Å². The highest BCUT2D eigenvalue weighted by atomic mass is 32.2. The monoisotopic (exact) mass is 311 g/mol. The maximum absolute atomic E-state index is 12.5. The first-order valence-corrected chi connectivity index (χ1v) is 7.86. The number of nitrogens with zero attached hydrogens (tertiary/aromatic N) is 1. The van der Waals surface area contributed by atoms with Gasteiger partial charge in [-0.3, -0.25) is 10.2 Å². The summed E-state index contributed by atoms with van der Waals surface area (Å²) >= 11 is 1.43. The molecular formula is C17H17N3OS. The molecule has 0 bridgehead atoms. The largest absolute Gasteiger partial charge is 0.323 e. The van der Waals surface area contributed by atoms with Gasteiger partial charge in [-0.1, -0.05) is 59.8 Å². The van der Waals surface area contributed by atoms with Crippen LogP contribution in [-0.2, 0) is 4.79 Å². The number of hydrazone groups is 1. The molecule has 0 saturated carbocycles. The molecule has 0 saturated heterocycles. The zero-order valence-corrected chi connectivity index (χ0v) is 13.3. The molecule has 0 radical (unpaired) electrons. The molecule has 1 atom stereocenters. The highest BCUT2D eigenvalue weighted by Gasteiger charge is 2.40. The molecule has 1 heterocycles. The molecule has 2 N–H and O–H groups in total. The number of carbonyl (C=O) groups is 1. The summed E-state index contributed by atoms with van der Waals surface area (Å²) in [5, 5.41) is 8.05. The van der Waals surface area contributed by atoms with E-state index in [1.54, 1.807) is 0 Å². The zero-order chi connectivity index (χ0) is 15.6. The lowest BCUT2D eigenvalue weighted by atomic mass is 10.2. The number of rotatable bonds is 3. The Kier molecular flexibility index (Phi) is 3.90. The summed E-state index contributed by atoms with van der Waals surface area (Å²) in [6, 6.07) is 17.5. The van der Waals surface area contributed by atoms with Crippen LogP contribution in [0.4, 0.5) is 5.69 Å². The maximum Gasteiger partial charge on any atom is 0.262 e. The summed E-state index contributed by atoms with van der Waals surface area (Å²) < 4.78 is 0. The molecule has 3 rings (SSSR count). The van der Waals surface area contributed by atoms with Crippen LogP contribution in [-0.4, -0.2) is 15.8 Å². The minimum Gasteiger partial charge on any atom is -0.323 e. The Balaban J connectivity index is 1.71. The van der Waals surface area contributed by atoms with Gasteiger partial charge < -0.3 is 5.32 Å². The van der Waals surface area contributed by atoms with Crippen molar-refractivity contribution in [1.82, 2.24) is 5.43 Å². The molecule has 1 aliphatic rings. The SMILES string of the molecule is Cc1ccc(C2=NNC(C)(C(=O)Nc3ccccc3)S2)cc1. The molecule has 5 heteroatoms. The predicted molar refractivity (Wildman–Crippen MR) is 91.9 cm³/mol. The van der Waals surface area contributed by atoms with Crippen LogP contribution in [0.1, 0.15) is 18.1 Å². The van der Waals surface area contributed by atoms with Crippen molar-refractivity contribution in [3.8, 4) is 0 Å². The van der Waals surface area contributed by atoms with Gasteiger partial charge in [-0.05, 0) is 26.0 Å². The van der Waals surface area contributed by atoms with Crippen LogP contribution in [0.5, 0.6) is 0 Å². The van der Waals surface area contributed by atoms with E-state index in [4.69, 9.17) is 0 Å². The summed E-state index contributed by atoms with van der Waals surface area (Å²) in [6.07, 6.45) is 0. The Morgan fingerprint density at radius 2 is 1.82 bits per heavy atom. The normalized spacial score (nSPS) is 20.2. The quantitative estimate of drug-likeness (QED) is 0.914. The van der Waals surface area contributed by atoms with Gasteiger partial charge in [-0.15, -0.1) is 0 Å². The molecule has 1 unspecified atom stereocenters. The van der Waals surface area contributed by atoms with Gasteiger partial charge in [0.2, 0.25) is 0 Å². The first-order valence-electron chi connectivity index (χ1n) is 7.04. The molecule has 0 aliphatic carbocycles. The van der Waals surface area contributed by atoms with Crippen molar-refractivity contribution in [1.29, 1.82) is 0 Å². The van der Waals surface area contributed by atoms with E-state index in [0.717, 1.165) is 16.3 Å². The number of amides is 1. The number of hydrogen-bond donors (Lipinski definition) is 2. The lowest BCUT2D eigenvalue weighted by molar-refractivity contribution is -0.118. The summed E-state index contributed by atoms with van der Waals surface area (Å²) in [5.74, 6) is -0.116. The van der Waals surface area contributed by atoms with E-state index in [9.17, 15) is 4.79 Å². The van der Waals surface area contributed by atoms with Crippen molar-refractivity contribution in [3.05, 3.63) is 65.7 Å². The fourth-order valence-corrected chi connectivity index (χ4v) is 3.05. The first kappa shape index (κ1) is 14.7. The number of aryl methyl sites for hydroxylation is 1. The van der Waals surface area contributed by atoms with Gasteiger partial charge in [0.1, 0.15) is 5.04 Å². The van der Waals surface area contributed by atoms with E-state index in [0.29, 0.717) is 0 Å². The lowest BCUT2D eigenvalue weighted by Gasteiger charge is -2.21. The third kappa shape index (κ3) is 2.99. The molecule has 0 spiro atoms. The van der Waals surface area contributed by atoms with Gasteiger partial charge in [0.25, 0.3) is 5.91 Å². The second kappa shape index (κ2) is 5.85. The van der Waals surface area contributed by atoms with Crippen molar-refractivity contribution >= 4 is 28.4 Å². The van der Waals surface area contributed by atoms with Crippen LogP contribution in [0.25, 0.3) is 0 Å². The van der Waals surface area contributed by atoms with Crippen LogP contribution in [0, 0.1) is 6.92 Å². The second-order valence-electron chi connectivity index (χ2n) is 5.35. The molecule has 0 aromatic heterocycles. The number of nitrogens with one attached hydrogen (secondary N) is 2. The summed E-state index contributed by atoms with van der Waals surface area (Å²) in [6.45, 7) is 3.88. The van der Waals surface area contributed by atoms with Gasteiger partial charge in [-0.2, -0.15) is 5.10 Å². The zero-order valence-electron chi connectivity index (χ0n) is 12.5. The lowest BCUT2D eigenvalue weighted by Crippen LogP contribution is -2.44. The van der Waals surface area contributed by atoms with Crippen LogP contribution in [0.3, 0.4) is 0 Å². The molecule has 2 aromatic carbocycles. The molecule has 112 valence electrons. The van der Waals surface area contributed by atoms with Crippen molar-refractivity contribution in [2.45, 2.75) is 18.7 Å². The number of thioether (sulfide) groups is 1. The third-order valence-electron chi connectivity index (χ3n) is 3.44. The van der Waals surface area contributed by atoms with Crippen LogP contribution in [0.15, 0.2) is 59.7 Å². The van der Waals surface area contributed by atoms with Crippen molar-refractivity contribution in [3.63, 3.8) is 0 Å². The van der Waals surface area contributed by atoms with Crippen molar-refractivity contribution < 1.29 is 4.79 Å². The number of carbonyl (C=O) groups excluding carboxylic acids is 1. The number of anilines is 1. The Morgan fingerprint density at radius 3 is 2.50 bits per heavy atom. The van der Waals surface area contributed by atoms with Crippen LogP contribution < -0.4 is 10.7 Å². The minimum atomic E-state index is -0.809. The number of benzene rings is 2. The van der Waals surface area contributed by atoms with Gasteiger partial charge in [0.05, 0.1) is 0 Å². The second-order valence-corrected chi connectivity index (χ2v) is 6.76. The average Bonchev–Trinajstić information content (AvgIpc) is 2.93. The third-order valence-corrected chi connectivity index (χ3v) is 4.64. The fourth-order valence-electron chi connectivity index (χ4n) is 2.09. The van der Waals surface area contributed by atoms with E-state index in [2.05, 4.69) is 15.8 Å². The van der Waals surface area contributed by atoms with E-state index in [1.807, 2.05) is 68.4 Å². The van der Waals surface area contributed by atoms with Crippen LogP contribution >= 0.6 is 11.8 Å². The Hall–Kier alpha value is -2.27. The molecule has 1 amide bonds. The molecule has 4 nitrogen and oxygen atoms in total. The standard InChI is InChI=1S/C17H17N3OS/c1-12-8-10-13(11-9-12)15-19-20-17(2,22-15)16(21)18-14-6-4-3-5-7-14/h3-11,20H,1-2H3,(H,18,21). The van der Waals surface area contributed by atoms with Crippen molar-refractivity contribution in [2.24, 2.45) is 5.10 Å². The molecule has 22 heavy (non-hydrogen) atoms. The van der Waals surface area contributed by atoms with Crippen LogP contribution in [0.2, 0.25) is 0 Å². The van der Waals surface area contributed by atoms with E-state index < -0.39 is 4.87 Å².